The van der Waals surface area contributed by atoms with Crippen molar-refractivity contribution < 1.29 is 18.2 Å². The van der Waals surface area contributed by atoms with Crippen LogP contribution < -0.4 is 10.1 Å². The molecule has 1 amide bonds. The third-order valence-corrected chi connectivity index (χ3v) is 5.33. The Kier molecular flexibility index (Phi) is 4.41. The Morgan fingerprint density at radius 3 is 2.44 bits per heavy atom. The average Bonchev–Trinajstić information content (AvgIpc) is 3.04. The van der Waals surface area contributed by atoms with E-state index >= 15 is 0 Å². The van der Waals surface area contributed by atoms with Gasteiger partial charge in [0.2, 0.25) is 0 Å². The van der Waals surface area contributed by atoms with Crippen molar-refractivity contribution in [2.24, 2.45) is 0 Å². The van der Waals surface area contributed by atoms with Crippen LogP contribution in [0.5, 0.6) is 5.75 Å². The number of para-hydroxylation sites is 1. The van der Waals surface area contributed by atoms with Crippen molar-refractivity contribution in [2.75, 3.05) is 18.7 Å². The molecule has 3 aromatic carbocycles. The van der Waals surface area contributed by atoms with E-state index in [1.165, 1.54) is 0 Å². The number of anilines is 1. The fraction of sp³-hybridized carbons (Fsp3) is 0.0952. The summed E-state index contributed by atoms with van der Waals surface area (Å²) in [5.74, 6) is 0.269. The highest BCUT2D eigenvalue weighted by molar-refractivity contribution is 7.84. The first kappa shape index (κ1) is 17.3. The number of amides is 1. The molecule has 0 saturated carbocycles. The Labute approximate surface area is 158 Å². The molecule has 5 nitrogen and oxygen atoms in total. The van der Waals surface area contributed by atoms with E-state index in [4.69, 9.17) is 9.15 Å². The zero-order valence-electron chi connectivity index (χ0n) is 14.8. The van der Waals surface area contributed by atoms with Crippen molar-refractivity contribution in [3.05, 3.63) is 66.2 Å². The summed E-state index contributed by atoms with van der Waals surface area (Å²) in [4.78, 5) is 13.3. The van der Waals surface area contributed by atoms with Crippen LogP contribution in [-0.2, 0) is 10.8 Å². The zero-order chi connectivity index (χ0) is 19.0. The lowest BCUT2D eigenvalue weighted by molar-refractivity contribution is 0.102. The number of fused-ring (bicyclic) bond motifs is 3. The van der Waals surface area contributed by atoms with E-state index < -0.39 is 10.8 Å². The van der Waals surface area contributed by atoms with Crippen LogP contribution in [0.3, 0.4) is 0 Å². The second-order valence-corrected chi connectivity index (χ2v) is 7.46. The first-order valence-electron chi connectivity index (χ1n) is 8.31. The molecule has 0 aliphatic rings. The molecule has 1 aromatic heterocycles. The molecule has 6 heteroatoms. The van der Waals surface area contributed by atoms with E-state index in [1.807, 2.05) is 30.3 Å². The number of benzene rings is 3. The largest absolute Gasteiger partial charge is 0.495 e. The number of ether oxygens (including phenoxy) is 1. The molecule has 0 aliphatic heterocycles. The minimum absolute atomic E-state index is 0.280. The zero-order valence-corrected chi connectivity index (χ0v) is 15.6. The Hall–Kier alpha value is -3.12. The van der Waals surface area contributed by atoms with Gasteiger partial charge in [-0.15, -0.1) is 0 Å². The van der Waals surface area contributed by atoms with E-state index in [0.717, 1.165) is 16.4 Å². The van der Waals surface area contributed by atoms with Gasteiger partial charge in [-0.2, -0.15) is 0 Å². The number of methoxy groups -OCH3 is 1. The smallest absolute Gasteiger partial charge is 0.255 e. The Bertz CT molecular complexity index is 1180. The van der Waals surface area contributed by atoms with Crippen molar-refractivity contribution in [3.8, 4) is 5.75 Å². The van der Waals surface area contributed by atoms with Gasteiger partial charge < -0.3 is 14.5 Å². The summed E-state index contributed by atoms with van der Waals surface area (Å²) in [6.45, 7) is 0. The molecule has 136 valence electrons. The van der Waals surface area contributed by atoms with Crippen molar-refractivity contribution in [1.29, 1.82) is 0 Å². The highest BCUT2D eigenvalue weighted by Gasteiger charge is 2.15. The van der Waals surface area contributed by atoms with E-state index in [9.17, 15) is 9.00 Å². The predicted octanol–water partition coefficient (Wildman–Crippen LogP) is 4.58. The summed E-state index contributed by atoms with van der Waals surface area (Å²) in [5, 5.41) is 4.78. The Morgan fingerprint density at radius 1 is 1.00 bits per heavy atom. The lowest BCUT2D eigenvalue weighted by Gasteiger charge is -2.10. The third kappa shape index (κ3) is 3.19. The van der Waals surface area contributed by atoms with Crippen LogP contribution in [0.4, 0.5) is 5.69 Å². The minimum Gasteiger partial charge on any atom is -0.495 e. The summed E-state index contributed by atoms with van der Waals surface area (Å²) in [7, 11) is 0.479. The molecule has 27 heavy (non-hydrogen) atoms. The predicted molar refractivity (Wildman–Crippen MR) is 107 cm³/mol. The second kappa shape index (κ2) is 6.89. The molecular formula is C21H17NO4S. The molecule has 0 fully saturated rings. The minimum atomic E-state index is -1.08. The number of rotatable bonds is 4. The quantitative estimate of drug-likeness (QED) is 0.563. The molecular weight excluding hydrogens is 362 g/mol. The molecule has 1 heterocycles. The van der Waals surface area contributed by atoms with E-state index in [0.29, 0.717) is 27.5 Å². The fourth-order valence-corrected chi connectivity index (χ4v) is 3.53. The SMILES string of the molecule is COc1cc2c(cc1NC(=O)c1ccc(S(C)=O)cc1)oc1ccccc12. The molecule has 4 rings (SSSR count). The van der Waals surface area contributed by atoms with Gasteiger partial charge in [-0.1, -0.05) is 18.2 Å². The van der Waals surface area contributed by atoms with Crippen LogP contribution in [-0.4, -0.2) is 23.5 Å². The van der Waals surface area contributed by atoms with E-state index in [1.54, 1.807) is 43.7 Å². The average molecular weight is 379 g/mol. The highest BCUT2D eigenvalue weighted by Crippen LogP contribution is 2.36. The van der Waals surface area contributed by atoms with Gasteiger partial charge in [0.15, 0.2) is 0 Å². The monoisotopic (exact) mass is 379 g/mol. The molecule has 0 radical (unpaired) electrons. The number of furan rings is 1. The Balaban J connectivity index is 1.71. The maximum Gasteiger partial charge on any atom is 0.255 e. The van der Waals surface area contributed by atoms with Crippen LogP contribution in [0.15, 0.2) is 70.0 Å². The standard InChI is InChI=1S/C21H17NO4S/c1-25-20-11-16-15-5-3-4-6-18(15)26-19(16)12-17(20)22-21(23)13-7-9-14(10-8-13)27(2)24/h3-12H,1-2H3,(H,22,23). The van der Waals surface area contributed by atoms with Crippen molar-refractivity contribution in [3.63, 3.8) is 0 Å². The first-order chi connectivity index (χ1) is 13.1. The summed E-state index contributed by atoms with van der Waals surface area (Å²) in [5.41, 5.74) is 2.44. The highest BCUT2D eigenvalue weighted by atomic mass is 32.2. The summed E-state index contributed by atoms with van der Waals surface area (Å²) >= 11 is 0. The van der Waals surface area contributed by atoms with Crippen LogP contribution >= 0.6 is 0 Å². The lowest BCUT2D eigenvalue weighted by atomic mass is 10.1. The van der Waals surface area contributed by atoms with Gasteiger partial charge in [0.05, 0.1) is 12.8 Å². The Morgan fingerprint density at radius 2 is 1.74 bits per heavy atom. The van der Waals surface area contributed by atoms with Gasteiger partial charge in [-0.25, -0.2) is 0 Å². The van der Waals surface area contributed by atoms with Crippen LogP contribution in [0.2, 0.25) is 0 Å². The molecule has 1 unspecified atom stereocenters. The lowest BCUT2D eigenvalue weighted by Crippen LogP contribution is -2.12. The molecule has 0 saturated heterocycles. The fourth-order valence-electron chi connectivity index (χ4n) is 3.01. The second-order valence-electron chi connectivity index (χ2n) is 6.08. The van der Waals surface area contributed by atoms with Crippen LogP contribution in [0, 0.1) is 0 Å². The van der Waals surface area contributed by atoms with E-state index in [-0.39, 0.29) is 5.91 Å². The summed E-state index contributed by atoms with van der Waals surface area (Å²) in [6, 6.07) is 18.1. The van der Waals surface area contributed by atoms with Crippen molar-refractivity contribution in [1.82, 2.24) is 0 Å². The maximum atomic E-state index is 12.6. The van der Waals surface area contributed by atoms with Crippen LogP contribution in [0.25, 0.3) is 21.9 Å². The van der Waals surface area contributed by atoms with Crippen molar-refractivity contribution >= 4 is 44.3 Å². The third-order valence-electron chi connectivity index (χ3n) is 4.40. The first-order valence-corrected chi connectivity index (χ1v) is 9.87. The molecule has 4 aromatic rings. The van der Waals surface area contributed by atoms with Gasteiger partial charge in [-0.3, -0.25) is 9.00 Å². The van der Waals surface area contributed by atoms with Gasteiger partial charge in [0.1, 0.15) is 16.9 Å². The van der Waals surface area contributed by atoms with Gasteiger partial charge in [-0.05, 0) is 36.4 Å². The topological polar surface area (TPSA) is 68.5 Å². The number of carbonyl (C=O) groups is 1. The normalized spacial score (nSPS) is 12.2. The maximum absolute atomic E-state index is 12.6. The number of hydrogen-bond donors (Lipinski definition) is 1. The summed E-state index contributed by atoms with van der Waals surface area (Å²) < 4.78 is 22.8. The number of nitrogens with one attached hydrogen (secondary N) is 1. The molecule has 0 bridgehead atoms. The molecule has 1 atom stereocenters. The number of carbonyl (C=O) groups excluding carboxylic acids is 1. The van der Waals surface area contributed by atoms with Crippen LogP contribution in [0.1, 0.15) is 10.4 Å². The molecule has 0 aliphatic carbocycles. The van der Waals surface area contributed by atoms with Gasteiger partial charge >= 0.3 is 0 Å². The summed E-state index contributed by atoms with van der Waals surface area (Å²) in [6.07, 6.45) is 1.60. The van der Waals surface area contributed by atoms with Gasteiger partial charge in [0, 0.05) is 44.4 Å². The van der Waals surface area contributed by atoms with E-state index in [2.05, 4.69) is 5.32 Å². The molecule has 0 spiro atoms. The van der Waals surface area contributed by atoms with Gasteiger partial charge in [0.25, 0.3) is 5.91 Å². The number of hydrogen-bond acceptors (Lipinski definition) is 4. The molecule has 1 N–H and O–H groups in total. The van der Waals surface area contributed by atoms with Crippen molar-refractivity contribution in [2.45, 2.75) is 4.90 Å².